The lowest BCUT2D eigenvalue weighted by atomic mass is 10.0. The van der Waals surface area contributed by atoms with E-state index in [9.17, 15) is 35.2 Å². The second-order valence-corrected chi connectivity index (χ2v) is 16.3. The van der Waals surface area contributed by atoms with Gasteiger partial charge >= 0.3 is 0 Å². The van der Waals surface area contributed by atoms with Gasteiger partial charge in [0.2, 0.25) is 0 Å². The summed E-state index contributed by atoms with van der Waals surface area (Å²) in [6, 6.07) is 14.8. The van der Waals surface area contributed by atoms with E-state index < -0.39 is 40.4 Å². The molecule has 0 bridgehead atoms. The minimum absolute atomic E-state index is 0.0314. The van der Waals surface area contributed by atoms with E-state index in [-0.39, 0.29) is 61.7 Å². The van der Waals surface area contributed by atoms with Crippen molar-refractivity contribution in [1.29, 1.82) is 0 Å². The van der Waals surface area contributed by atoms with Gasteiger partial charge in [0, 0.05) is 41.1 Å². The molecule has 244 valence electrons. The summed E-state index contributed by atoms with van der Waals surface area (Å²) in [5.74, 6) is -1.30. The summed E-state index contributed by atoms with van der Waals surface area (Å²) < 4.78 is 83.4. The van der Waals surface area contributed by atoms with Gasteiger partial charge in [-0.05, 0) is 42.5 Å². The molecule has 0 spiro atoms. The number of halogens is 1. The Balaban J connectivity index is 1.69. The molecular weight excluding hydrogens is 684 g/mol. The maximum Gasteiger partial charge on any atom is 0.273 e. The number of hydrazine groups is 1. The summed E-state index contributed by atoms with van der Waals surface area (Å²) in [6.45, 7) is 0.255. The van der Waals surface area contributed by atoms with E-state index in [4.69, 9.17) is 20.2 Å². The monoisotopic (exact) mass is 710 g/mol. The molecule has 3 N–H and O–H groups in total. The fraction of sp³-hybridized carbons (Fsp3) is 0.179. The maximum absolute atomic E-state index is 13.2. The molecule has 1 amide bonds. The van der Waals surface area contributed by atoms with Gasteiger partial charge in [0.05, 0.1) is 33.3 Å². The molecule has 4 aromatic carbocycles. The van der Waals surface area contributed by atoms with Crippen molar-refractivity contribution in [3.8, 4) is 11.5 Å². The topological polar surface area (TPSA) is 207 Å². The zero-order valence-corrected chi connectivity index (χ0v) is 27.6. The zero-order chi connectivity index (χ0) is 33.9. The number of anilines is 1. The first kappa shape index (κ1) is 34.6. The third kappa shape index (κ3) is 8.10. The number of hydrogen-bond acceptors (Lipinski definition) is 13. The number of sulfone groups is 2. The first-order valence-corrected chi connectivity index (χ1v) is 19.1. The molecule has 0 aliphatic heterocycles. The van der Waals surface area contributed by atoms with Crippen molar-refractivity contribution in [2.75, 3.05) is 38.3 Å². The van der Waals surface area contributed by atoms with Gasteiger partial charge in [-0.2, -0.15) is 0 Å². The second kappa shape index (κ2) is 13.6. The number of ether oxygens (including phenoxy) is 2. The number of nitrogens with one attached hydrogen (secondary N) is 2. The van der Waals surface area contributed by atoms with Crippen LogP contribution in [0.5, 0.6) is 11.5 Å². The third-order valence-electron chi connectivity index (χ3n) is 6.34. The van der Waals surface area contributed by atoms with Crippen molar-refractivity contribution in [3.05, 3.63) is 72.3 Å². The number of carbonyl (C=O) groups is 1. The van der Waals surface area contributed by atoms with Crippen molar-refractivity contribution >= 4 is 73.1 Å². The Morgan fingerprint density at radius 1 is 0.826 bits per heavy atom. The fourth-order valence-electron chi connectivity index (χ4n) is 4.14. The van der Waals surface area contributed by atoms with E-state index in [2.05, 4.69) is 21.1 Å². The smallest absolute Gasteiger partial charge is 0.273 e. The van der Waals surface area contributed by atoms with Crippen LogP contribution in [0, 0.1) is 0 Å². The van der Waals surface area contributed by atoms with Gasteiger partial charge in [-0.25, -0.2) is 25.3 Å². The highest BCUT2D eigenvalue weighted by Crippen LogP contribution is 2.38. The predicted molar refractivity (Wildman–Crippen MR) is 170 cm³/mol. The van der Waals surface area contributed by atoms with E-state index in [1.165, 1.54) is 43.5 Å². The van der Waals surface area contributed by atoms with Crippen molar-refractivity contribution in [3.63, 3.8) is 0 Å². The summed E-state index contributed by atoms with van der Waals surface area (Å²) in [6.07, 6.45) is 1.83. The van der Waals surface area contributed by atoms with Crippen LogP contribution in [0.25, 0.3) is 10.8 Å². The quantitative estimate of drug-likeness (QED) is 0.0808. The van der Waals surface area contributed by atoms with Crippen LogP contribution in [-0.4, -0.2) is 69.1 Å². The number of phenols is 1. The molecule has 4 rings (SSSR count). The van der Waals surface area contributed by atoms with Crippen molar-refractivity contribution in [1.82, 2.24) is 5.43 Å². The molecule has 0 saturated heterocycles. The van der Waals surface area contributed by atoms with Crippen LogP contribution in [0.2, 0.25) is 0 Å². The maximum atomic E-state index is 13.2. The van der Waals surface area contributed by atoms with Gasteiger partial charge in [-0.1, -0.05) is 24.3 Å². The second-order valence-electron chi connectivity index (χ2n) is 9.73. The number of rotatable bonds is 12. The zero-order valence-electron chi connectivity index (χ0n) is 24.4. The molecule has 0 aromatic heterocycles. The van der Waals surface area contributed by atoms with E-state index in [0.717, 1.165) is 24.6 Å². The van der Waals surface area contributed by atoms with Crippen LogP contribution in [-0.2, 0) is 33.5 Å². The number of carbonyl (C=O) groups excluding carboxylic acids is 1. The summed E-state index contributed by atoms with van der Waals surface area (Å²) >= 11 is 0. The predicted octanol–water partition coefficient (Wildman–Crippen LogP) is 4.48. The number of azo groups is 1. The SMILES string of the molecule is COCCOc1ccc(NNC(=O)c2cc(N=Nc3ccc(S(C)(=O)=O)cc3S(C)(=O)=O)c3ccccc3c2O)cc1S(=O)(=O)Cl. The van der Waals surface area contributed by atoms with E-state index in [1.54, 1.807) is 18.2 Å². The van der Waals surface area contributed by atoms with Crippen LogP contribution in [0.1, 0.15) is 10.4 Å². The van der Waals surface area contributed by atoms with Crippen LogP contribution in [0.15, 0.2) is 91.6 Å². The molecule has 18 heteroatoms. The Labute approximate surface area is 269 Å². The van der Waals surface area contributed by atoms with Gasteiger partial charge in [-0.15, -0.1) is 10.2 Å². The van der Waals surface area contributed by atoms with Gasteiger partial charge in [0.15, 0.2) is 19.7 Å². The van der Waals surface area contributed by atoms with Crippen LogP contribution in [0.3, 0.4) is 0 Å². The molecule has 0 saturated carbocycles. The highest BCUT2D eigenvalue weighted by atomic mass is 35.7. The molecule has 4 aromatic rings. The number of methoxy groups -OCH3 is 1. The van der Waals surface area contributed by atoms with Gasteiger partial charge in [0.25, 0.3) is 15.0 Å². The number of fused-ring (bicyclic) bond motifs is 1. The normalized spacial score (nSPS) is 12.3. The summed E-state index contributed by atoms with van der Waals surface area (Å²) in [5.41, 5.74) is 4.69. The Kier molecular flexibility index (Phi) is 10.2. The molecule has 46 heavy (non-hydrogen) atoms. The number of aromatic hydroxyl groups is 1. The van der Waals surface area contributed by atoms with Gasteiger partial charge in [0.1, 0.15) is 28.7 Å². The van der Waals surface area contributed by atoms with Crippen LogP contribution in [0.4, 0.5) is 17.1 Å². The van der Waals surface area contributed by atoms with E-state index >= 15 is 0 Å². The molecule has 0 heterocycles. The minimum atomic E-state index is -4.25. The molecule has 0 atom stereocenters. The molecule has 0 aliphatic rings. The summed E-state index contributed by atoms with van der Waals surface area (Å²) in [4.78, 5) is 12.3. The highest BCUT2D eigenvalue weighted by Gasteiger charge is 2.21. The average Bonchev–Trinajstić information content (AvgIpc) is 2.98. The molecule has 0 aliphatic carbocycles. The van der Waals surface area contributed by atoms with E-state index in [0.29, 0.717) is 5.39 Å². The largest absolute Gasteiger partial charge is 0.506 e. The van der Waals surface area contributed by atoms with Crippen molar-refractivity contribution < 1.29 is 44.6 Å². The summed E-state index contributed by atoms with van der Waals surface area (Å²) in [5, 5.41) is 19.7. The Morgan fingerprint density at radius 2 is 1.50 bits per heavy atom. The lowest BCUT2D eigenvalue weighted by Gasteiger charge is -2.14. The number of nitrogens with zero attached hydrogens (tertiary/aromatic N) is 2. The number of benzene rings is 4. The number of phenolic OH excluding ortho intramolecular Hbond substituents is 1. The number of amides is 1. The number of hydrogen-bond donors (Lipinski definition) is 3. The van der Waals surface area contributed by atoms with E-state index in [1.807, 2.05) is 0 Å². The first-order chi connectivity index (χ1) is 21.5. The summed E-state index contributed by atoms with van der Waals surface area (Å²) in [7, 11) is -4.89. The molecular formula is C28H27ClN4O10S3. The molecule has 0 fully saturated rings. The molecule has 14 nitrogen and oxygen atoms in total. The Morgan fingerprint density at radius 3 is 2.13 bits per heavy atom. The molecule has 0 radical (unpaired) electrons. The van der Waals surface area contributed by atoms with Gasteiger partial charge in [-0.3, -0.25) is 15.6 Å². The Hall–Kier alpha value is -4.29. The highest BCUT2D eigenvalue weighted by molar-refractivity contribution is 8.13. The van der Waals surface area contributed by atoms with Crippen molar-refractivity contribution in [2.45, 2.75) is 14.7 Å². The lowest BCUT2D eigenvalue weighted by molar-refractivity contribution is 0.0960. The van der Waals surface area contributed by atoms with Crippen LogP contribution < -0.4 is 15.6 Å². The van der Waals surface area contributed by atoms with Crippen molar-refractivity contribution in [2.24, 2.45) is 10.2 Å². The molecule has 0 unspecified atom stereocenters. The minimum Gasteiger partial charge on any atom is -0.506 e. The van der Waals surface area contributed by atoms with Crippen LogP contribution >= 0.6 is 10.7 Å². The fourth-order valence-corrected chi connectivity index (χ4v) is 6.68. The first-order valence-electron chi connectivity index (χ1n) is 13.0. The average molecular weight is 711 g/mol. The Bertz CT molecular complexity index is 2190. The third-order valence-corrected chi connectivity index (χ3v) is 9.91. The lowest BCUT2D eigenvalue weighted by Crippen LogP contribution is -2.29. The standard InChI is InChI=1S/C28H27ClN4O10S3/c1-42-12-13-43-24-11-8-17(14-26(24)46(29,40)41)30-33-28(35)21-16-23(19-6-4-5-7-20(19)27(21)34)32-31-22-10-9-18(44(2,36)37)15-25(22)45(3,38)39/h4-11,14-16,30,34H,12-13H2,1-3H3,(H,33,35). The van der Waals surface area contributed by atoms with Gasteiger partial charge < -0.3 is 14.6 Å².